The Morgan fingerprint density at radius 1 is 1.31 bits per heavy atom. The van der Waals surface area contributed by atoms with Crippen LogP contribution in [0, 0.1) is 5.92 Å². The fourth-order valence-corrected chi connectivity index (χ4v) is 1.65. The molecule has 1 unspecified atom stereocenters. The highest BCUT2D eigenvalue weighted by molar-refractivity contribution is 5.77. The summed E-state index contributed by atoms with van der Waals surface area (Å²) in [6.07, 6.45) is 3.79. The van der Waals surface area contributed by atoms with E-state index >= 15 is 0 Å². The van der Waals surface area contributed by atoms with E-state index in [0.29, 0.717) is 11.9 Å². The van der Waals surface area contributed by atoms with Gasteiger partial charge in [-0.05, 0) is 18.9 Å². The van der Waals surface area contributed by atoms with E-state index in [1.807, 2.05) is 24.3 Å². The van der Waals surface area contributed by atoms with E-state index in [0.717, 1.165) is 23.7 Å². The number of para-hydroxylation sites is 1. The van der Waals surface area contributed by atoms with Gasteiger partial charge in [-0.3, -0.25) is 5.73 Å². The van der Waals surface area contributed by atoms with E-state index in [1.165, 1.54) is 0 Å². The molecule has 16 heavy (non-hydrogen) atoms. The molecule has 0 amide bonds. The summed E-state index contributed by atoms with van der Waals surface area (Å²) in [6.45, 7) is 0. The van der Waals surface area contributed by atoms with Gasteiger partial charge in [0, 0.05) is 17.5 Å². The molecule has 4 heteroatoms. The highest BCUT2D eigenvalue weighted by Crippen LogP contribution is 2.32. The maximum absolute atomic E-state index is 5.85. The molecule has 0 saturated heterocycles. The third kappa shape index (κ3) is 1.84. The van der Waals surface area contributed by atoms with Gasteiger partial charge in [-0.1, -0.05) is 18.2 Å². The Kier molecular flexibility index (Phi) is 2.22. The molecule has 3 rings (SSSR count). The summed E-state index contributed by atoms with van der Waals surface area (Å²) < 4.78 is 5.50. The lowest BCUT2D eigenvalue weighted by atomic mass is 10.2. The van der Waals surface area contributed by atoms with Gasteiger partial charge in [0.05, 0.1) is 5.52 Å². The van der Waals surface area contributed by atoms with Crippen LogP contribution in [0.2, 0.25) is 0 Å². The smallest absolute Gasteiger partial charge is 0.318 e. The molecule has 1 aliphatic rings. The molecule has 1 fully saturated rings. The Labute approximate surface area is 93.5 Å². The van der Waals surface area contributed by atoms with Crippen LogP contribution in [-0.2, 0) is 0 Å². The second kappa shape index (κ2) is 3.72. The van der Waals surface area contributed by atoms with Crippen LogP contribution in [0.1, 0.15) is 12.8 Å². The van der Waals surface area contributed by atoms with E-state index in [2.05, 4.69) is 9.97 Å². The topological polar surface area (TPSA) is 61.0 Å². The number of nitrogens with two attached hydrogens (primary N) is 1. The highest BCUT2D eigenvalue weighted by Gasteiger charge is 2.30. The molecular weight excluding hydrogens is 202 g/mol. The van der Waals surface area contributed by atoms with Gasteiger partial charge < -0.3 is 4.74 Å². The minimum absolute atomic E-state index is 0.263. The van der Waals surface area contributed by atoms with E-state index in [-0.39, 0.29) is 6.23 Å². The molecule has 2 N–H and O–H groups in total. The average Bonchev–Trinajstić information content (AvgIpc) is 3.12. The summed E-state index contributed by atoms with van der Waals surface area (Å²) in [5.74, 6) is 0.482. The lowest BCUT2D eigenvalue weighted by Gasteiger charge is -2.11. The lowest BCUT2D eigenvalue weighted by molar-refractivity contribution is 0.170. The predicted molar refractivity (Wildman–Crippen MR) is 60.9 cm³/mol. The first-order valence-electron chi connectivity index (χ1n) is 5.47. The monoisotopic (exact) mass is 215 g/mol. The zero-order valence-electron chi connectivity index (χ0n) is 8.84. The zero-order chi connectivity index (χ0) is 11.0. The summed E-state index contributed by atoms with van der Waals surface area (Å²) in [5, 5.41) is 1.01. The van der Waals surface area contributed by atoms with Crippen molar-refractivity contribution in [1.29, 1.82) is 0 Å². The number of aromatic nitrogens is 2. The minimum atomic E-state index is -0.263. The molecule has 1 atom stereocenters. The summed E-state index contributed by atoms with van der Waals surface area (Å²) in [4.78, 5) is 8.46. The first-order valence-corrected chi connectivity index (χ1v) is 5.47. The van der Waals surface area contributed by atoms with Crippen LogP contribution in [0.15, 0.2) is 30.5 Å². The molecule has 1 saturated carbocycles. The quantitative estimate of drug-likeness (QED) is 0.792. The molecular formula is C12H13N3O. The third-order valence-corrected chi connectivity index (χ3v) is 2.80. The number of rotatable bonds is 3. The third-order valence-electron chi connectivity index (χ3n) is 2.80. The van der Waals surface area contributed by atoms with Crippen LogP contribution in [-0.4, -0.2) is 16.2 Å². The Bertz CT molecular complexity index is 510. The van der Waals surface area contributed by atoms with Crippen LogP contribution in [0.3, 0.4) is 0 Å². The molecule has 1 heterocycles. The van der Waals surface area contributed by atoms with Gasteiger partial charge >= 0.3 is 6.01 Å². The Morgan fingerprint density at radius 3 is 2.94 bits per heavy atom. The van der Waals surface area contributed by atoms with Gasteiger partial charge in [-0.25, -0.2) is 4.98 Å². The van der Waals surface area contributed by atoms with Crippen LogP contribution in [0.5, 0.6) is 6.01 Å². The fraction of sp³-hybridized carbons (Fsp3) is 0.333. The Balaban J connectivity index is 1.86. The maximum atomic E-state index is 5.85. The molecule has 2 aromatic rings. The van der Waals surface area contributed by atoms with Crippen molar-refractivity contribution >= 4 is 10.9 Å². The van der Waals surface area contributed by atoms with Gasteiger partial charge in [0.1, 0.15) is 0 Å². The number of hydrogen-bond acceptors (Lipinski definition) is 4. The van der Waals surface area contributed by atoms with Crippen molar-refractivity contribution in [2.75, 3.05) is 0 Å². The first-order chi connectivity index (χ1) is 7.83. The number of nitrogens with zero attached hydrogens (tertiary/aromatic N) is 2. The largest absolute Gasteiger partial charge is 0.444 e. The standard InChI is InChI=1S/C12H13N3O/c13-11(8-5-6-8)16-12-14-7-9-3-1-2-4-10(9)15-12/h1-4,7-8,11H,5-6,13H2. The number of ether oxygens (including phenoxy) is 1. The van der Waals surface area contributed by atoms with Crippen LogP contribution in [0.4, 0.5) is 0 Å². The fourth-order valence-electron chi connectivity index (χ4n) is 1.65. The van der Waals surface area contributed by atoms with Gasteiger partial charge in [0.2, 0.25) is 0 Å². The summed E-state index contributed by atoms with van der Waals surface area (Å²) in [7, 11) is 0. The van der Waals surface area contributed by atoms with E-state index in [9.17, 15) is 0 Å². The van der Waals surface area contributed by atoms with Crippen molar-refractivity contribution in [1.82, 2.24) is 9.97 Å². The van der Waals surface area contributed by atoms with Gasteiger partial charge in [-0.15, -0.1) is 0 Å². The minimum Gasteiger partial charge on any atom is -0.444 e. The summed E-state index contributed by atoms with van der Waals surface area (Å²) >= 11 is 0. The summed E-state index contributed by atoms with van der Waals surface area (Å²) in [5.41, 5.74) is 6.74. The van der Waals surface area contributed by atoms with Crippen molar-refractivity contribution in [3.63, 3.8) is 0 Å². The number of benzene rings is 1. The average molecular weight is 215 g/mol. The number of hydrogen-bond donors (Lipinski definition) is 1. The first kappa shape index (κ1) is 9.54. The molecule has 1 aromatic heterocycles. The number of fused-ring (bicyclic) bond motifs is 1. The Morgan fingerprint density at radius 2 is 2.12 bits per heavy atom. The Hall–Kier alpha value is -1.68. The zero-order valence-corrected chi connectivity index (χ0v) is 8.84. The van der Waals surface area contributed by atoms with Crippen molar-refractivity contribution in [2.24, 2.45) is 11.7 Å². The second-order valence-electron chi connectivity index (χ2n) is 4.13. The van der Waals surface area contributed by atoms with E-state index < -0.39 is 0 Å². The van der Waals surface area contributed by atoms with Crippen molar-refractivity contribution in [3.8, 4) is 6.01 Å². The van der Waals surface area contributed by atoms with Gasteiger partial charge in [-0.2, -0.15) is 4.98 Å². The molecule has 0 bridgehead atoms. The molecule has 0 spiro atoms. The van der Waals surface area contributed by atoms with Crippen LogP contribution < -0.4 is 10.5 Å². The van der Waals surface area contributed by atoms with Crippen LogP contribution >= 0.6 is 0 Å². The van der Waals surface area contributed by atoms with Crippen molar-refractivity contribution < 1.29 is 4.74 Å². The van der Waals surface area contributed by atoms with Gasteiger partial charge in [0.25, 0.3) is 0 Å². The summed E-state index contributed by atoms with van der Waals surface area (Å²) in [6, 6.07) is 8.19. The van der Waals surface area contributed by atoms with E-state index in [1.54, 1.807) is 6.20 Å². The van der Waals surface area contributed by atoms with Gasteiger partial charge in [0.15, 0.2) is 6.23 Å². The molecule has 1 aliphatic carbocycles. The molecule has 0 radical (unpaired) electrons. The molecule has 0 aliphatic heterocycles. The molecule has 82 valence electrons. The second-order valence-corrected chi connectivity index (χ2v) is 4.13. The maximum Gasteiger partial charge on any atom is 0.318 e. The van der Waals surface area contributed by atoms with Crippen molar-refractivity contribution in [3.05, 3.63) is 30.5 Å². The van der Waals surface area contributed by atoms with Crippen molar-refractivity contribution in [2.45, 2.75) is 19.1 Å². The van der Waals surface area contributed by atoms with Crippen LogP contribution in [0.25, 0.3) is 10.9 Å². The normalized spacial score (nSPS) is 17.3. The lowest BCUT2D eigenvalue weighted by Crippen LogP contribution is -2.30. The SMILES string of the molecule is NC(Oc1ncc2ccccc2n1)C1CC1. The molecule has 1 aromatic carbocycles. The molecule has 4 nitrogen and oxygen atoms in total. The highest BCUT2D eigenvalue weighted by atomic mass is 16.5. The van der Waals surface area contributed by atoms with E-state index in [4.69, 9.17) is 10.5 Å². The predicted octanol–water partition coefficient (Wildman–Crippen LogP) is 1.70.